The van der Waals surface area contributed by atoms with Crippen molar-refractivity contribution in [2.24, 2.45) is 0 Å². The molecular formula is C20H22N4O. The lowest BCUT2D eigenvalue weighted by atomic mass is 9.98. The van der Waals surface area contributed by atoms with Gasteiger partial charge in [-0.1, -0.05) is 55.8 Å². The molecule has 2 aromatic carbocycles. The van der Waals surface area contributed by atoms with Crippen molar-refractivity contribution in [1.82, 2.24) is 20.2 Å². The Kier molecular flexibility index (Phi) is 5.03. The molecule has 0 saturated heterocycles. The number of benzene rings is 2. The number of carbonyl (C=O) groups excluding carboxylic acids is 1. The Balaban J connectivity index is 1.81. The Morgan fingerprint density at radius 1 is 1.04 bits per heavy atom. The summed E-state index contributed by atoms with van der Waals surface area (Å²) in [5, 5.41) is 12.4. The van der Waals surface area contributed by atoms with Gasteiger partial charge in [-0.25, -0.2) is 0 Å². The van der Waals surface area contributed by atoms with Crippen LogP contribution in [0.4, 0.5) is 0 Å². The average molecular weight is 334 g/mol. The fourth-order valence-corrected chi connectivity index (χ4v) is 2.75. The van der Waals surface area contributed by atoms with Crippen LogP contribution in [0, 0.1) is 6.92 Å². The number of rotatable bonds is 6. The van der Waals surface area contributed by atoms with Gasteiger partial charge in [-0.15, -0.1) is 10.2 Å². The number of hydrogen-bond donors (Lipinski definition) is 0. The molecule has 3 rings (SSSR count). The quantitative estimate of drug-likeness (QED) is 0.646. The van der Waals surface area contributed by atoms with Crippen LogP contribution in [0.2, 0.25) is 0 Å². The fourth-order valence-electron chi connectivity index (χ4n) is 2.75. The van der Waals surface area contributed by atoms with E-state index in [9.17, 15) is 4.79 Å². The second-order valence-electron chi connectivity index (χ2n) is 6.13. The van der Waals surface area contributed by atoms with E-state index < -0.39 is 0 Å². The summed E-state index contributed by atoms with van der Waals surface area (Å²) in [7, 11) is 0. The van der Waals surface area contributed by atoms with Gasteiger partial charge in [-0.3, -0.25) is 4.79 Å². The molecule has 0 bridgehead atoms. The van der Waals surface area contributed by atoms with Crippen molar-refractivity contribution in [3.63, 3.8) is 0 Å². The number of carbonyl (C=O) groups is 1. The summed E-state index contributed by atoms with van der Waals surface area (Å²) in [6, 6.07) is 14.0. The predicted molar refractivity (Wildman–Crippen MR) is 97.5 cm³/mol. The summed E-state index contributed by atoms with van der Waals surface area (Å²) in [4.78, 5) is 14.1. The third-order valence-electron chi connectivity index (χ3n) is 4.31. The summed E-state index contributed by atoms with van der Waals surface area (Å²) in [6.07, 6.45) is 1.73. The highest BCUT2D eigenvalue weighted by Crippen LogP contribution is 2.16. The summed E-state index contributed by atoms with van der Waals surface area (Å²) < 4.78 is 0. The maximum absolute atomic E-state index is 12.7. The molecular weight excluding hydrogens is 312 g/mol. The van der Waals surface area contributed by atoms with Crippen molar-refractivity contribution >= 4 is 5.78 Å². The molecule has 0 fully saturated rings. The Morgan fingerprint density at radius 2 is 1.80 bits per heavy atom. The Hall–Kier alpha value is -2.82. The molecule has 0 aliphatic rings. The van der Waals surface area contributed by atoms with Crippen LogP contribution in [-0.4, -0.2) is 26.0 Å². The van der Waals surface area contributed by atoms with Crippen LogP contribution in [0.5, 0.6) is 0 Å². The van der Waals surface area contributed by atoms with Gasteiger partial charge in [0.25, 0.3) is 0 Å². The monoisotopic (exact) mass is 334 g/mol. The van der Waals surface area contributed by atoms with E-state index in [-0.39, 0.29) is 12.3 Å². The van der Waals surface area contributed by atoms with Gasteiger partial charge in [0.15, 0.2) is 5.78 Å². The van der Waals surface area contributed by atoms with E-state index in [1.807, 2.05) is 43.3 Å². The van der Waals surface area contributed by atoms with Crippen LogP contribution in [0.15, 0.2) is 42.5 Å². The zero-order valence-electron chi connectivity index (χ0n) is 14.9. The van der Waals surface area contributed by atoms with Gasteiger partial charge in [-0.2, -0.15) is 4.80 Å². The molecule has 0 aliphatic carbocycles. The first kappa shape index (κ1) is 17.0. The standard InChI is InChI=1S/C20H22N4O/c1-4-15-8-11-16(5-2)18(12-15)19(25)13-24-22-20(21-23-24)17-9-6-14(3)7-10-17/h6-12H,4-5,13H2,1-3H3. The van der Waals surface area contributed by atoms with Crippen LogP contribution in [0.3, 0.4) is 0 Å². The second kappa shape index (κ2) is 7.38. The summed E-state index contributed by atoms with van der Waals surface area (Å²) in [6.45, 7) is 6.27. The molecule has 0 unspecified atom stereocenters. The van der Waals surface area contributed by atoms with Gasteiger partial charge in [0.1, 0.15) is 6.54 Å². The Morgan fingerprint density at radius 3 is 2.48 bits per heavy atom. The first-order valence-corrected chi connectivity index (χ1v) is 8.60. The van der Waals surface area contributed by atoms with E-state index in [1.54, 1.807) is 0 Å². The number of aromatic nitrogens is 4. The van der Waals surface area contributed by atoms with Gasteiger partial charge in [-0.05, 0) is 42.2 Å². The summed E-state index contributed by atoms with van der Waals surface area (Å²) in [5.74, 6) is 0.547. The van der Waals surface area contributed by atoms with Crippen LogP contribution >= 0.6 is 0 Å². The highest BCUT2D eigenvalue weighted by molar-refractivity contribution is 5.97. The Labute approximate surface area is 147 Å². The highest BCUT2D eigenvalue weighted by atomic mass is 16.1. The molecule has 25 heavy (non-hydrogen) atoms. The van der Waals surface area contributed by atoms with Gasteiger partial charge >= 0.3 is 0 Å². The number of nitrogens with zero attached hydrogens (tertiary/aromatic N) is 4. The third-order valence-corrected chi connectivity index (χ3v) is 4.31. The van der Waals surface area contributed by atoms with E-state index in [2.05, 4.69) is 35.3 Å². The number of hydrogen-bond acceptors (Lipinski definition) is 4. The first-order chi connectivity index (χ1) is 12.1. The fraction of sp³-hybridized carbons (Fsp3) is 0.300. The van der Waals surface area contributed by atoms with Crippen molar-refractivity contribution in [2.75, 3.05) is 0 Å². The predicted octanol–water partition coefficient (Wildman–Crippen LogP) is 3.66. The van der Waals surface area contributed by atoms with Crippen LogP contribution in [-0.2, 0) is 19.4 Å². The topological polar surface area (TPSA) is 60.7 Å². The largest absolute Gasteiger partial charge is 0.292 e. The van der Waals surface area contributed by atoms with E-state index >= 15 is 0 Å². The summed E-state index contributed by atoms with van der Waals surface area (Å²) in [5.41, 5.74) is 5.05. The van der Waals surface area contributed by atoms with Crippen molar-refractivity contribution in [3.8, 4) is 11.4 Å². The van der Waals surface area contributed by atoms with Gasteiger partial charge < -0.3 is 0 Å². The molecule has 0 atom stereocenters. The maximum atomic E-state index is 12.7. The zero-order chi connectivity index (χ0) is 17.8. The van der Waals surface area contributed by atoms with Crippen molar-refractivity contribution in [3.05, 3.63) is 64.7 Å². The summed E-state index contributed by atoms with van der Waals surface area (Å²) >= 11 is 0. The molecule has 5 nitrogen and oxygen atoms in total. The molecule has 0 aliphatic heterocycles. The van der Waals surface area contributed by atoms with Crippen LogP contribution in [0.25, 0.3) is 11.4 Å². The lowest BCUT2D eigenvalue weighted by Crippen LogP contribution is -2.15. The molecule has 5 heteroatoms. The molecule has 0 amide bonds. The SMILES string of the molecule is CCc1ccc(CC)c(C(=O)Cn2nnc(-c3ccc(C)cc3)n2)c1. The minimum absolute atomic E-state index is 0.0139. The third kappa shape index (κ3) is 3.82. The van der Waals surface area contributed by atoms with Crippen LogP contribution < -0.4 is 0 Å². The molecule has 0 N–H and O–H groups in total. The highest BCUT2D eigenvalue weighted by Gasteiger charge is 2.14. The molecule has 1 heterocycles. The van der Waals surface area contributed by atoms with Gasteiger partial charge in [0, 0.05) is 11.1 Å². The molecule has 128 valence electrons. The van der Waals surface area contributed by atoms with Gasteiger partial charge in [0.05, 0.1) is 0 Å². The minimum Gasteiger partial charge on any atom is -0.292 e. The number of Topliss-reactive ketones (excluding diaryl/α,β-unsaturated/α-hetero) is 1. The second-order valence-corrected chi connectivity index (χ2v) is 6.13. The van der Waals surface area contributed by atoms with E-state index in [0.29, 0.717) is 5.82 Å². The molecule has 0 saturated carbocycles. The number of aryl methyl sites for hydroxylation is 3. The maximum Gasteiger partial charge on any atom is 0.204 e. The molecule has 0 spiro atoms. The van der Waals surface area contributed by atoms with E-state index in [0.717, 1.165) is 35.1 Å². The minimum atomic E-state index is 0.0139. The van der Waals surface area contributed by atoms with Crippen molar-refractivity contribution < 1.29 is 4.79 Å². The molecule has 0 radical (unpaired) electrons. The van der Waals surface area contributed by atoms with E-state index in [4.69, 9.17) is 0 Å². The smallest absolute Gasteiger partial charge is 0.204 e. The number of tetrazole rings is 1. The van der Waals surface area contributed by atoms with Crippen molar-refractivity contribution in [1.29, 1.82) is 0 Å². The molecule has 1 aromatic heterocycles. The zero-order valence-corrected chi connectivity index (χ0v) is 14.9. The average Bonchev–Trinajstić information content (AvgIpc) is 3.10. The van der Waals surface area contributed by atoms with E-state index in [1.165, 1.54) is 10.4 Å². The van der Waals surface area contributed by atoms with Crippen molar-refractivity contribution in [2.45, 2.75) is 40.2 Å². The first-order valence-electron chi connectivity index (χ1n) is 8.60. The number of ketones is 1. The normalized spacial score (nSPS) is 10.8. The van der Waals surface area contributed by atoms with Crippen LogP contribution in [0.1, 0.15) is 40.9 Å². The van der Waals surface area contributed by atoms with Gasteiger partial charge in [0.2, 0.25) is 5.82 Å². The molecule has 3 aromatic rings. The lowest BCUT2D eigenvalue weighted by Gasteiger charge is -2.08. The lowest BCUT2D eigenvalue weighted by molar-refractivity contribution is 0.0960. The Bertz CT molecular complexity index is 881.